The van der Waals surface area contributed by atoms with E-state index in [9.17, 15) is 18.0 Å². The monoisotopic (exact) mass is 415 g/mol. The zero-order chi connectivity index (χ0) is 21.3. The molecule has 1 aliphatic rings. The Morgan fingerprint density at radius 3 is 2.57 bits per heavy atom. The lowest BCUT2D eigenvalue weighted by Crippen LogP contribution is -2.31. The summed E-state index contributed by atoms with van der Waals surface area (Å²) in [6.45, 7) is 2.89. The molecule has 0 spiro atoms. The number of benzene rings is 1. The quantitative estimate of drug-likeness (QED) is 0.702. The summed E-state index contributed by atoms with van der Waals surface area (Å²) in [5, 5.41) is 7.59. The van der Waals surface area contributed by atoms with Crippen LogP contribution in [-0.4, -0.2) is 44.7 Å². The summed E-state index contributed by atoms with van der Waals surface area (Å²) in [5.41, 5.74) is 1.12. The highest BCUT2D eigenvalue weighted by atomic mass is 19.4. The smallest absolute Gasteiger partial charge is 0.380 e. The highest BCUT2D eigenvalue weighted by Crippen LogP contribution is 2.29. The summed E-state index contributed by atoms with van der Waals surface area (Å²) >= 11 is 0. The lowest BCUT2D eigenvalue weighted by atomic mass is 10.2. The first kappa shape index (κ1) is 19.9. The molecule has 4 rings (SSSR count). The molecule has 156 valence electrons. The Morgan fingerprint density at radius 1 is 1.13 bits per heavy atom. The summed E-state index contributed by atoms with van der Waals surface area (Å²) < 4.78 is 39.6. The molecule has 0 radical (unpaired) electrons. The third kappa shape index (κ3) is 4.00. The van der Waals surface area contributed by atoms with Gasteiger partial charge in [-0.2, -0.15) is 18.3 Å². The van der Waals surface area contributed by atoms with Gasteiger partial charge < -0.3 is 10.2 Å². The molecule has 0 bridgehead atoms. The SMILES string of the molecule is Cc1c(C(=O)N2CCC(Nc3ccccc3)C2)cnn1-c1ccc(C(F)(F)F)cn1. The lowest BCUT2D eigenvalue weighted by Gasteiger charge is -2.17. The van der Waals surface area contributed by atoms with Crippen LogP contribution in [0, 0.1) is 6.92 Å². The molecule has 30 heavy (non-hydrogen) atoms. The van der Waals surface area contributed by atoms with E-state index in [1.54, 1.807) is 11.8 Å². The van der Waals surface area contributed by atoms with Crippen LogP contribution in [0.1, 0.15) is 28.0 Å². The number of nitrogens with zero attached hydrogens (tertiary/aromatic N) is 4. The van der Waals surface area contributed by atoms with E-state index >= 15 is 0 Å². The largest absolute Gasteiger partial charge is 0.417 e. The number of rotatable bonds is 4. The zero-order valence-corrected chi connectivity index (χ0v) is 16.2. The normalized spacial score (nSPS) is 16.7. The first-order chi connectivity index (χ1) is 14.3. The number of hydrogen-bond donors (Lipinski definition) is 1. The summed E-state index contributed by atoms with van der Waals surface area (Å²) in [6, 6.07) is 12.2. The Balaban J connectivity index is 1.46. The number of pyridine rings is 1. The molecule has 1 aliphatic heterocycles. The van der Waals surface area contributed by atoms with Crippen LogP contribution in [0.25, 0.3) is 5.82 Å². The molecule has 1 N–H and O–H groups in total. The molecule has 1 atom stereocenters. The van der Waals surface area contributed by atoms with Crippen molar-refractivity contribution in [3.63, 3.8) is 0 Å². The van der Waals surface area contributed by atoms with Gasteiger partial charge in [0.15, 0.2) is 5.82 Å². The van der Waals surface area contributed by atoms with Crippen molar-refractivity contribution in [1.82, 2.24) is 19.7 Å². The fourth-order valence-electron chi connectivity index (χ4n) is 3.53. The van der Waals surface area contributed by atoms with Crippen molar-refractivity contribution in [2.75, 3.05) is 18.4 Å². The Bertz CT molecular complexity index is 1030. The molecule has 1 unspecified atom stereocenters. The predicted octanol–water partition coefficient (Wildman–Crippen LogP) is 3.92. The van der Waals surface area contributed by atoms with Crippen molar-refractivity contribution in [3.05, 3.63) is 71.7 Å². The van der Waals surface area contributed by atoms with Gasteiger partial charge in [0.05, 0.1) is 23.0 Å². The van der Waals surface area contributed by atoms with Gasteiger partial charge in [-0.1, -0.05) is 18.2 Å². The van der Waals surface area contributed by atoms with Crippen molar-refractivity contribution >= 4 is 11.6 Å². The van der Waals surface area contributed by atoms with Crippen LogP contribution in [0.2, 0.25) is 0 Å². The van der Waals surface area contributed by atoms with Gasteiger partial charge in [-0.25, -0.2) is 9.67 Å². The maximum Gasteiger partial charge on any atom is 0.417 e. The summed E-state index contributed by atoms with van der Waals surface area (Å²) in [4.78, 5) is 18.6. The number of hydrogen-bond acceptors (Lipinski definition) is 4. The highest BCUT2D eigenvalue weighted by Gasteiger charge is 2.31. The minimum atomic E-state index is -4.45. The van der Waals surface area contributed by atoms with Crippen LogP contribution in [0.15, 0.2) is 54.9 Å². The molecule has 1 fully saturated rings. The highest BCUT2D eigenvalue weighted by molar-refractivity contribution is 5.95. The summed E-state index contributed by atoms with van der Waals surface area (Å²) in [7, 11) is 0. The molecule has 2 aromatic heterocycles. The van der Waals surface area contributed by atoms with Crippen LogP contribution >= 0.6 is 0 Å². The fraction of sp³-hybridized carbons (Fsp3) is 0.286. The molecule has 1 aromatic carbocycles. The van der Waals surface area contributed by atoms with Gasteiger partial charge in [-0.15, -0.1) is 0 Å². The second-order valence-corrected chi connectivity index (χ2v) is 7.21. The van der Waals surface area contributed by atoms with Gasteiger partial charge >= 0.3 is 6.18 Å². The first-order valence-corrected chi connectivity index (χ1v) is 9.52. The number of aromatic nitrogens is 3. The molecular formula is C21H20F3N5O. The average Bonchev–Trinajstić information content (AvgIpc) is 3.34. The van der Waals surface area contributed by atoms with E-state index in [-0.39, 0.29) is 17.8 Å². The van der Waals surface area contributed by atoms with E-state index < -0.39 is 11.7 Å². The fourth-order valence-corrected chi connectivity index (χ4v) is 3.53. The van der Waals surface area contributed by atoms with E-state index in [4.69, 9.17) is 0 Å². The van der Waals surface area contributed by atoms with Crippen molar-refractivity contribution < 1.29 is 18.0 Å². The number of anilines is 1. The molecule has 0 saturated carbocycles. The van der Waals surface area contributed by atoms with E-state index in [1.165, 1.54) is 16.9 Å². The number of amides is 1. The number of nitrogens with one attached hydrogen (secondary N) is 1. The van der Waals surface area contributed by atoms with Crippen LogP contribution in [-0.2, 0) is 6.18 Å². The van der Waals surface area contributed by atoms with Gasteiger partial charge in [-0.3, -0.25) is 4.79 Å². The van der Waals surface area contributed by atoms with Gasteiger partial charge in [0.25, 0.3) is 5.91 Å². The Morgan fingerprint density at radius 2 is 1.90 bits per heavy atom. The van der Waals surface area contributed by atoms with E-state index in [0.29, 0.717) is 24.3 Å². The average molecular weight is 415 g/mol. The Hall–Kier alpha value is -3.36. The van der Waals surface area contributed by atoms with Gasteiger partial charge in [0.2, 0.25) is 0 Å². The van der Waals surface area contributed by atoms with Crippen LogP contribution in [0.5, 0.6) is 0 Å². The minimum Gasteiger partial charge on any atom is -0.380 e. The molecule has 3 heterocycles. The minimum absolute atomic E-state index is 0.150. The second-order valence-electron chi connectivity index (χ2n) is 7.21. The lowest BCUT2D eigenvalue weighted by molar-refractivity contribution is -0.137. The standard InChI is InChI=1S/C21H20F3N5O/c1-14-18(12-26-29(14)19-8-7-15(11-25-19)21(22,23)24)20(30)28-10-9-17(13-28)27-16-5-3-2-4-6-16/h2-8,11-12,17,27H,9-10,13H2,1H3. The van der Waals surface area contributed by atoms with Crippen LogP contribution in [0.4, 0.5) is 18.9 Å². The maximum absolute atomic E-state index is 13.0. The van der Waals surface area contributed by atoms with Gasteiger partial charge in [-0.05, 0) is 37.6 Å². The van der Waals surface area contributed by atoms with E-state index in [1.807, 2.05) is 30.3 Å². The molecular weight excluding hydrogens is 395 g/mol. The zero-order valence-electron chi connectivity index (χ0n) is 16.2. The molecule has 1 saturated heterocycles. The van der Waals surface area contributed by atoms with Crippen molar-refractivity contribution in [3.8, 4) is 5.82 Å². The van der Waals surface area contributed by atoms with Gasteiger partial charge in [0, 0.05) is 31.0 Å². The number of carbonyl (C=O) groups is 1. The van der Waals surface area contributed by atoms with Crippen molar-refractivity contribution in [2.24, 2.45) is 0 Å². The predicted molar refractivity (Wildman–Crippen MR) is 105 cm³/mol. The Labute approximate surface area is 171 Å². The number of alkyl halides is 3. The Kier molecular flexibility index (Phi) is 5.19. The molecule has 6 nitrogen and oxygen atoms in total. The first-order valence-electron chi connectivity index (χ1n) is 9.52. The van der Waals surface area contributed by atoms with Crippen molar-refractivity contribution in [1.29, 1.82) is 0 Å². The van der Waals surface area contributed by atoms with Gasteiger partial charge in [0.1, 0.15) is 0 Å². The third-order valence-corrected chi connectivity index (χ3v) is 5.15. The molecule has 1 amide bonds. The third-order valence-electron chi connectivity index (χ3n) is 5.15. The van der Waals surface area contributed by atoms with Crippen LogP contribution in [0.3, 0.4) is 0 Å². The second kappa shape index (κ2) is 7.81. The van der Waals surface area contributed by atoms with Crippen molar-refractivity contribution in [2.45, 2.75) is 25.6 Å². The molecule has 3 aromatic rings. The van der Waals surface area contributed by atoms with E-state index in [2.05, 4.69) is 15.4 Å². The molecule has 0 aliphatic carbocycles. The van der Waals surface area contributed by atoms with Crippen LogP contribution < -0.4 is 5.32 Å². The summed E-state index contributed by atoms with van der Waals surface area (Å²) in [6.07, 6.45) is -1.42. The topological polar surface area (TPSA) is 63.1 Å². The molecule has 9 heteroatoms. The number of likely N-dealkylation sites (tertiary alicyclic amines) is 1. The number of halogens is 3. The maximum atomic E-state index is 13.0. The number of carbonyl (C=O) groups excluding carboxylic acids is 1. The summed E-state index contributed by atoms with van der Waals surface area (Å²) in [5.74, 6) is 0.0765. The van der Waals surface area contributed by atoms with E-state index in [0.717, 1.165) is 24.4 Å². The number of para-hydroxylation sites is 1.